The van der Waals surface area contributed by atoms with Crippen LogP contribution in [0.3, 0.4) is 0 Å². The lowest BCUT2D eigenvalue weighted by Crippen LogP contribution is -1.96. The Balaban J connectivity index is 2.31. The van der Waals surface area contributed by atoms with Crippen LogP contribution in [0.5, 0.6) is 5.75 Å². The molecule has 0 saturated heterocycles. The van der Waals surface area contributed by atoms with Crippen molar-refractivity contribution in [3.63, 3.8) is 0 Å². The van der Waals surface area contributed by atoms with Crippen molar-refractivity contribution < 1.29 is 4.74 Å². The molecule has 0 aromatic heterocycles. The number of nitrogens with two attached hydrogens (primary N) is 1. The minimum absolute atomic E-state index is 0.423. The van der Waals surface area contributed by atoms with Gasteiger partial charge in [0.15, 0.2) is 0 Å². The highest BCUT2D eigenvalue weighted by Gasteiger charge is 2.05. The Hall–Kier alpha value is -2.38. The van der Waals surface area contributed by atoms with Gasteiger partial charge in [0.25, 0.3) is 0 Å². The first-order valence-electron chi connectivity index (χ1n) is 5.54. The lowest BCUT2D eigenvalue weighted by atomic mass is 10.1. The van der Waals surface area contributed by atoms with E-state index in [-0.39, 0.29) is 0 Å². The molecule has 3 N–H and O–H groups in total. The minimum atomic E-state index is 0.423. The van der Waals surface area contributed by atoms with Crippen molar-refractivity contribution in [1.82, 2.24) is 0 Å². The van der Waals surface area contributed by atoms with E-state index in [2.05, 4.69) is 5.32 Å². The van der Waals surface area contributed by atoms with Crippen LogP contribution < -0.4 is 15.8 Å². The summed E-state index contributed by atoms with van der Waals surface area (Å²) in [6.45, 7) is 0. The van der Waals surface area contributed by atoms with Crippen LogP contribution in [0, 0.1) is 11.3 Å². The predicted molar refractivity (Wildman–Crippen MR) is 76.9 cm³/mol. The van der Waals surface area contributed by atoms with Crippen molar-refractivity contribution in [2.24, 2.45) is 0 Å². The van der Waals surface area contributed by atoms with Gasteiger partial charge in [-0.25, -0.2) is 0 Å². The smallest absolute Gasteiger partial charge is 0.121 e. The van der Waals surface area contributed by atoms with Crippen molar-refractivity contribution in [1.29, 1.82) is 5.26 Å². The Kier molecular flexibility index (Phi) is 3.79. The highest BCUT2D eigenvalue weighted by Crippen LogP contribution is 2.30. The number of hydrogen-bond acceptors (Lipinski definition) is 4. The summed E-state index contributed by atoms with van der Waals surface area (Å²) < 4.78 is 5.14. The Morgan fingerprint density at radius 1 is 1.26 bits per heavy atom. The fourth-order valence-corrected chi connectivity index (χ4v) is 1.79. The van der Waals surface area contributed by atoms with Gasteiger partial charge in [-0.15, -0.1) is 0 Å². The van der Waals surface area contributed by atoms with E-state index in [4.69, 9.17) is 27.3 Å². The zero-order valence-electron chi connectivity index (χ0n) is 10.3. The van der Waals surface area contributed by atoms with Crippen molar-refractivity contribution in [3.8, 4) is 11.8 Å². The van der Waals surface area contributed by atoms with E-state index in [1.807, 2.05) is 6.07 Å². The molecule has 19 heavy (non-hydrogen) atoms. The second-order valence-electron chi connectivity index (χ2n) is 3.88. The number of hydrogen-bond donors (Lipinski definition) is 2. The van der Waals surface area contributed by atoms with E-state index in [0.717, 1.165) is 5.69 Å². The number of nitriles is 1. The number of benzene rings is 2. The number of nitrogen functional groups attached to an aromatic ring is 1. The van der Waals surface area contributed by atoms with Crippen molar-refractivity contribution in [2.45, 2.75) is 0 Å². The fraction of sp³-hybridized carbons (Fsp3) is 0.0714. The highest BCUT2D eigenvalue weighted by molar-refractivity contribution is 6.33. The van der Waals surface area contributed by atoms with Gasteiger partial charge in [-0.2, -0.15) is 5.26 Å². The first kappa shape index (κ1) is 13.1. The van der Waals surface area contributed by atoms with Crippen LogP contribution in [0.4, 0.5) is 17.1 Å². The lowest BCUT2D eigenvalue weighted by molar-refractivity contribution is 0.415. The molecule has 96 valence electrons. The number of anilines is 3. The Morgan fingerprint density at radius 3 is 2.68 bits per heavy atom. The van der Waals surface area contributed by atoms with Crippen molar-refractivity contribution in [2.75, 3.05) is 18.2 Å². The molecule has 5 heteroatoms. The van der Waals surface area contributed by atoms with E-state index in [9.17, 15) is 0 Å². The van der Waals surface area contributed by atoms with Crippen LogP contribution in [0.1, 0.15) is 5.56 Å². The molecule has 0 fully saturated rings. The third-order valence-electron chi connectivity index (χ3n) is 2.62. The number of methoxy groups -OCH3 is 1. The van der Waals surface area contributed by atoms with Gasteiger partial charge in [0.2, 0.25) is 0 Å². The number of rotatable bonds is 3. The number of halogens is 1. The molecule has 0 aliphatic rings. The zero-order valence-corrected chi connectivity index (χ0v) is 11.0. The summed E-state index contributed by atoms with van der Waals surface area (Å²) in [6, 6.07) is 12.4. The molecule has 0 aliphatic carbocycles. The van der Waals surface area contributed by atoms with E-state index in [1.54, 1.807) is 43.5 Å². The highest BCUT2D eigenvalue weighted by atomic mass is 35.5. The topological polar surface area (TPSA) is 71.1 Å². The maximum atomic E-state index is 8.82. The standard InChI is InChI=1S/C14H12ClN3O/c1-19-11-4-5-12(15)14(7-11)18-10-3-2-9(8-16)13(17)6-10/h2-7,18H,17H2,1H3. The third kappa shape index (κ3) is 2.90. The number of ether oxygens (including phenoxy) is 1. The van der Waals surface area contributed by atoms with Gasteiger partial charge >= 0.3 is 0 Å². The minimum Gasteiger partial charge on any atom is -0.497 e. The van der Waals surface area contributed by atoms with Crippen molar-refractivity contribution in [3.05, 3.63) is 47.0 Å². The SMILES string of the molecule is COc1ccc(Cl)c(Nc2ccc(C#N)c(N)c2)c1. The van der Waals surface area contributed by atoms with Crippen LogP contribution in [-0.4, -0.2) is 7.11 Å². The molecule has 2 aromatic rings. The average Bonchev–Trinajstić information content (AvgIpc) is 2.41. The van der Waals surface area contributed by atoms with Crippen LogP contribution >= 0.6 is 11.6 Å². The maximum absolute atomic E-state index is 8.82. The van der Waals surface area contributed by atoms with Gasteiger partial charge in [-0.05, 0) is 30.3 Å². The lowest BCUT2D eigenvalue weighted by Gasteiger charge is -2.11. The van der Waals surface area contributed by atoms with Gasteiger partial charge in [-0.3, -0.25) is 0 Å². The molecule has 0 heterocycles. The molecule has 0 radical (unpaired) electrons. The third-order valence-corrected chi connectivity index (χ3v) is 2.95. The summed E-state index contributed by atoms with van der Waals surface area (Å²) in [5, 5.41) is 12.5. The quantitative estimate of drug-likeness (QED) is 0.839. The Morgan fingerprint density at radius 2 is 2.05 bits per heavy atom. The van der Waals surface area contributed by atoms with E-state index >= 15 is 0 Å². The summed E-state index contributed by atoms with van der Waals surface area (Å²) in [5.41, 5.74) is 8.10. The monoisotopic (exact) mass is 273 g/mol. The average molecular weight is 274 g/mol. The largest absolute Gasteiger partial charge is 0.497 e. The maximum Gasteiger partial charge on any atom is 0.121 e. The molecule has 0 atom stereocenters. The summed E-state index contributed by atoms with van der Waals surface area (Å²) in [7, 11) is 1.59. The van der Waals surface area contributed by atoms with Gasteiger partial charge in [0, 0.05) is 11.8 Å². The Labute approximate surface area is 116 Å². The van der Waals surface area contributed by atoms with Crippen molar-refractivity contribution >= 4 is 28.7 Å². The second kappa shape index (κ2) is 5.51. The molecule has 0 spiro atoms. The molecular formula is C14H12ClN3O. The molecular weight excluding hydrogens is 262 g/mol. The van der Waals surface area contributed by atoms with Gasteiger partial charge in [0.05, 0.1) is 29.1 Å². The van der Waals surface area contributed by atoms with Gasteiger partial charge < -0.3 is 15.8 Å². The molecule has 2 rings (SSSR count). The second-order valence-corrected chi connectivity index (χ2v) is 4.29. The Bertz CT molecular complexity index is 650. The van der Waals surface area contributed by atoms with Crippen LogP contribution in [0.2, 0.25) is 5.02 Å². The van der Waals surface area contributed by atoms with Gasteiger partial charge in [-0.1, -0.05) is 11.6 Å². The summed E-state index contributed by atoms with van der Waals surface area (Å²) in [6.07, 6.45) is 0. The summed E-state index contributed by atoms with van der Waals surface area (Å²) in [5.74, 6) is 0.702. The normalized spacial score (nSPS) is 9.74. The number of nitrogens with one attached hydrogen (secondary N) is 1. The van der Waals surface area contributed by atoms with Gasteiger partial charge in [0.1, 0.15) is 11.8 Å². The molecule has 2 aromatic carbocycles. The fourth-order valence-electron chi connectivity index (χ4n) is 1.62. The predicted octanol–water partition coefficient (Wildman–Crippen LogP) is 3.55. The summed E-state index contributed by atoms with van der Waals surface area (Å²) in [4.78, 5) is 0. The molecule has 0 bridgehead atoms. The van der Waals surface area contributed by atoms with Crippen LogP contribution in [0.15, 0.2) is 36.4 Å². The molecule has 0 unspecified atom stereocenters. The van der Waals surface area contributed by atoms with E-state index < -0.39 is 0 Å². The molecule has 0 aliphatic heterocycles. The molecule has 0 saturated carbocycles. The summed E-state index contributed by atoms with van der Waals surface area (Å²) >= 11 is 6.10. The molecule has 0 amide bonds. The van der Waals surface area contributed by atoms with Crippen LogP contribution in [-0.2, 0) is 0 Å². The first-order valence-corrected chi connectivity index (χ1v) is 5.92. The molecule has 4 nitrogen and oxygen atoms in total. The van der Waals surface area contributed by atoms with E-state index in [1.165, 1.54) is 0 Å². The van der Waals surface area contributed by atoms with Crippen LogP contribution in [0.25, 0.3) is 0 Å². The number of nitrogens with zero attached hydrogens (tertiary/aromatic N) is 1. The first-order chi connectivity index (χ1) is 9.13. The van der Waals surface area contributed by atoms with E-state index in [0.29, 0.717) is 27.7 Å². The zero-order chi connectivity index (χ0) is 13.8.